The van der Waals surface area contributed by atoms with Gasteiger partial charge in [0, 0.05) is 37.7 Å². The smallest absolute Gasteiger partial charge is 0.142 e. The third-order valence-electron chi connectivity index (χ3n) is 6.13. The monoisotopic (exact) mass is 363 g/mol. The van der Waals surface area contributed by atoms with Crippen LogP contribution in [0, 0.1) is 0 Å². The molecular formula is C23H29N3O. The summed E-state index contributed by atoms with van der Waals surface area (Å²) in [5.41, 5.74) is 4.00. The molecule has 2 aliphatic rings. The van der Waals surface area contributed by atoms with Crippen LogP contribution in [-0.2, 0) is 11.2 Å². The molecule has 0 N–H and O–H groups in total. The van der Waals surface area contributed by atoms with Gasteiger partial charge in [0.15, 0.2) is 0 Å². The van der Waals surface area contributed by atoms with Gasteiger partial charge in [0.1, 0.15) is 6.29 Å². The number of aldehydes is 1. The first-order valence-electron chi connectivity index (χ1n) is 10.3. The van der Waals surface area contributed by atoms with Crippen LogP contribution in [0.5, 0.6) is 0 Å². The second-order valence-electron chi connectivity index (χ2n) is 7.84. The SMILES string of the molecule is O=CC1CCCCN1c1ccccc1CCN1CCC(c2cccnc2)C1. The Morgan fingerprint density at radius 2 is 2.00 bits per heavy atom. The molecular weight excluding hydrogens is 334 g/mol. The summed E-state index contributed by atoms with van der Waals surface area (Å²) in [6, 6.07) is 12.9. The molecule has 1 aromatic carbocycles. The first-order chi connectivity index (χ1) is 13.3. The zero-order chi connectivity index (χ0) is 18.5. The molecule has 0 aliphatic carbocycles. The van der Waals surface area contributed by atoms with Crippen LogP contribution in [0.4, 0.5) is 5.69 Å². The van der Waals surface area contributed by atoms with Crippen molar-refractivity contribution in [3.8, 4) is 0 Å². The number of piperidine rings is 1. The number of pyridine rings is 1. The fraction of sp³-hybridized carbons (Fsp3) is 0.478. The molecule has 0 saturated carbocycles. The molecule has 2 atom stereocenters. The molecule has 2 saturated heterocycles. The molecule has 1 aromatic heterocycles. The summed E-state index contributed by atoms with van der Waals surface area (Å²) in [6.45, 7) is 4.34. The average molecular weight is 364 g/mol. The highest BCUT2D eigenvalue weighted by molar-refractivity contribution is 5.68. The molecule has 2 unspecified atom stereocenters. The van der Waals surface area contributed by atoms with Crippen LogP contribution in [0.2, 0.25) is 0 Å². The Labute approximate surface area is 162 Å². The largest absolute Gasteiger partial charge is 0.362 e. The topological polar surface area (TPSA) is 36.4 Å². The zero-order valence-corrected chi connectivity index (χ0v) is 16.0. The predicted octanol–water partition coefficient (Wildman–Crippen LogP) is 3.67. The standard InChI is InChI=1S/C23H29N3O/c27-18-22-8-3-4-13-26(22)23-9-2-1-6-19(23)10-14-25-15-11-21(17-25)20-7-5-12-24-16-20/h1-2,5-7,9,12,16,18,21-22H,3-4,8,10-11,13-15,17H2. The van der Waals surface area contributed by atoms with Gasteiger partial charge in [0.2, 0.25) is 0 Å². The Balaban J connectivity index is 1.40. The third kappa shape index (κ3) is 4.22. The number of likely N-dealkylation sites (tertiary alicyclic amines) is 1. The molecule has 0 radical (unpaired) electrons. The Kier molecular flexibility index (Phi) is 5.83. The van der Waals surface area contributed by atoms with E-state index in [4.69, 9.17) is 0 Å². The number of aromatic nitrogens is 1. The summed E-state index contributed by atoms with van der Waals surface area (Å²) >= 11 is 0. The molecule has 4 rings (SSSR count). The van der Waals surface area contributed by atoms with E-state index < -0.39 is 0 Å². The van der Waals surface area contributed by atoms with Gasteiger partial charge in [-0.3, -0.25) is 4.98 Å². The molecule has 27 heavy (non-hydrogen) atoms. The minimum atomic E-state index is 0.0432. The van der Waals surface area contributed by atoms with Gasteiger partial charge < -0.3 is 14.6 Å². The highest BCUT2D eigenvalue weighted by atomic mass is 16.1. The van der Waals surface area contributed by atoms with E-state index in [2.05, 4.69) is 45.1 Å². The molecule has 2 fully saturated rings. The third-order valence-corrected chi connectivity index (χ3v) is 6.13. The van der Waals surface area contributed by atoms with E-state index in [-0.39, 0.29) is 6.04 Å². The maximum atomic E-state index is 11.5. The molecule has 4 heteroatoms. The average Bonchev–Trinajstić information content (AvgIpc) is 3.22. The van der Waals surface area contributed by atoms with Crippen LogP contribution in [0.15, 0.2) is 48.8 Å². The summed E-state index contributed by atoms with van der Waals surface area (Å²) in [7, 11) is 0. The first kappa shape index (κ1) is 18.2. The Morgan fingerprint density at radius 3 is 2.85 bits per heavy atom. The number of para-hydroxylation sites is 1. The highest BCUT2D eigenvalue weighted by Gasteiger charge is 2.26. The Hall–Kier alpha value is -2.20. The summed E-state index contributed by atoms with van der Waals surface area (Å²) in [5, 5.41) is 0. The predicted molar refractivity (Wildman–Crippen MR) is 109 cm³/mol. The lowest BCUT2D eigenvalue weighted by Gasteiger charge is -2.35. The summed E-state index contributed by atoms with van der Waals surface area (Å²) in [4.78, 5) is 20.7. The van der Waals surface area contributed by atoms with Gasteiger partial charge >= 0.3 is 0 Å². The fourth-order valence-corrected chi connectivity index (χ4v) is 4.60. The van der Waals surface area contributed by atoms with Crippen molar-refractivity contribution in [3.05, 3.63) is 59.9 Å². The first-order valence-corrected chi connectivity index (χ1v) is 10.3. The molecule has 0 bridgehead atoms. The molecule has 2 aromatic rings. The van der Waals surface area contributed by atoms with Crippen LogP contribution in [0.3, 0.4) is 0 Å². The van der Waals surface area contributed by atoms with E-state index in [1.807, 2.05) is 18.5 Å². The van der Waals surface area contributed by atoms with Crippen LogP contribution < -0.4 is 4.90 Å². The number of hydrogen-bond donors (Lipinski definition) is 0. The van der Waals surface area contributed by atoms with Crippen molar-refractivity contribution in [2.75, 3.05) is 31.1 Å². The normalized spacial score (nSPS) is 23.5. The number of nitrogens with zero attached hydrogens (tertiary/aromatic N) is 3. The van der Waals surface area contributed by atoms with Gasteiger partial charge in [-0.25, -0.2) is 0 Å². The van der Waals surface area contributed by atoms with Gasteiger partial charge in [0.25, 0.3) is 0 Å². The number of carbonyl (C=O) groups excluding carboxylic acids is 1. The molecule has 4 nitrogen and oxygen atoms in total. The summed E-state index contributed by atoms with van der Waals surface area (Å²) in [6.07, 6.45) is 10.6. The summed E-state index contributed by atoms with van der Waals surface area (Å²) in [5.74, 6) is 0.607. The van der Waals surface area contributed by atoms with Gasteiger partial charge in [-0.15, -0.1) is 0 Å². The summed E-state index contributed by atoms with van der Waals surface area (Å²) < 4.78 is 0. The fourth-order valence-electron chi connectivity index (χ4n) is 4.60. The number of anilines is 1. The Morgan fingerprint density at radius 1 is 1.07 bits per heavy atom. The Bertz CT molecular complexity index is 748. The van der Waals surface area contributed by atoms with E-state index in [1.165, 1.54) is 29.7 Å². The van der Waals surface area contributed by atoms with E-state index in [9.17, 15) is 4.79 Å². The lowest BCUT2D eigenvalue weighted by atomic mass is 9.99. The van der Waals surface area contributed by atoms with E-state index in [0.717, 1.165) is 51.7 Å². The van der Waals surface area contributed by atoms with Crippen LogP contribution >= 0.6 is 0 Å². The molecule has 0 spiro atoms. The van der Waals surface area contributed by atoms with Crippen molar-refractivity contribution < 1.29 is 4.79 Å². The number of hydrogen-bond acceptors (Lipinski definition) is 4. The second kappa shape index (κ2) is 8.66. The van der Waals surface area contributed by atoms with Gasteiger partial charge in [-0.1, -0.05) is 24.3 Å². The van der Waals surface area contributed by atoms with Crippen LogP contribution in [0.1, 0.15) is 42.7 Å². The van der Waals surface area contributed by atoms with Crippen LogP contribution in [0.25, 0.3) is 0 Å². The molecule has 142 valence electrons. The highest BCUT2D eigenvalue weighted by Crippen LogP contribution is 2.29. The van der Waals surface area contributed by atoms with Gasteiger partial charge in [0.05, 0.1) is 6.04 Å². The lowest BCUT2D eigenvalue weighted by Crippen LogP contribution is -2.41. The van der Waals surface area contributed by atoms with Crippen LogP contribution in [-0.4, -0.2) is 48.4 Å². The molecule has 0 amide bonds. The van der Waals surface area contributed by atoms with Crippen molar-refractivity contribution in [2.45, 2.75) is 44.1 Å². The minimum absolute atomic E-state index is 0.0432. The van der Waals surface area contributed by atoms with E-state index in [0.29, 0.717) is 5.92 Å². The quantitative estimate of drug-likeness (QED) is 0.734. The van der Waals surface area contributed by atoms with Crippen molar-refractivity contribution in [3.63, 3.8) is 0 Å². The molecule has 2 aliphatic heterocycles. The minimum Gasteiger partial charge on any atom is -0.362 e. The van der Waals surface area contributed by atoms with E-state index in [1.54, 1.807) is 0 Å². The number of benzene rings is 1. The second-order valence-corrected chi connectivity index (χ2v) is 7.84. The maximum absolute atomic E-state index is 11.5. The van der Waals surface area contributed by atoms with Crippen molar-refractivity contribution in [2.24, 2.45) is 0 Å². The lowest BCUT2D eigenvalue weighted by molar-refractivity contribution is -0.109. The van der Waals surface area contributed by atoms with Crippen molar-refractivity contribution in [1.82, 2.24) is 9.88 Å². The van der Waals surface area contributed by atoms with Crippen molar-refractivity contribution >= 4 is 12.0 Å². The van der Waals surface area contributed by atoms with Crippen molar-refractivity contribution in [1.29, 1.82) is 0 Å². The number of rotatable bonds is 6. The van der Waals surface area contributed by atoms with Gasteiger partial charge in [-0.05, 0) is 67.8 Å². The van der Waals surface area contributed by atoms with Gasteiger partial charge in [-0.2, -0.15) is 0 Å². The number of carbonyl (C=O) groups is 1. The maximum Gasteiger partial charge on any atom is 0.142 e. The molecule has 3 heterocycles. The zero-order valence-electron chi connectivity index (χ0n) is 16.0. The van der Waals surface area contributed by atoms with E-state index >= 15 is 0 Å².